The van der Waals surface area contributed by atoms with Crippen molar-refractivity contribution in [1.82, 2.24) is 5.32 Å². The molecule has 0 radical (unpaired) electrons. The average Bonchev–Trinajstić information content (AvgIpc) is 3.14. The number of carbonyl (C=O) groups excluding carboxylic acids is 2. The van der Waals surface area contributed by atoms with E-state index in [0.717, 1.165) is 12.8 Å². The van der Waals surface area contributed by atoms with Gasteiger partial charge in [-0.1, -0.05) is 12.1 Å². The lowest BCUT2D eigenvalue weighted by Gasteiger charge is -2.25. The number of fused-ring (bicyclic) bond motifs is 1. The van der Waals surface area contributed by atoms with Gasteiger partial charge in [0.25, 0.3) is 5.91 Å². The number of rotatable bonds is 3. The minimum Gasteiger partial charge on any atom is -0.478 e. The summed E-state index contributed by atoms with van der Waals surface area (Å²) >= 11 is 0. The summed E-state index contributed by atoms with van der Waals surface area (Å²) in [6.45, 7) is 0. The number of carbonyl (C=O) groups is 2. The van der Waals surface area contributed by atoms with E-state index in [1.165, 1.54) is 0 Å². The minimum atomic E-state index is -0.737. The summed E-state index contributed by atoms with van der Waals surface area (Å²) in [5.41, 5.74) is 0.654. The van der Waals surface area contributed by atoms with Crippen LogP contribution in [-0.4, -0.2) is 24.0 Å². The third-order valence-electron chi connectivity index (χ3n) is 3.02. The summed E-state index contributed by atoms with van der Waals surface area (Å²) in [7, 11) is 0. The second-order valence-electron chi connectivity index (χ2n) is 4.64. The zero-order chi connectivity index (χ0) is 12.5. The molecule has 1 aromatic carbocycles. The molecule has 1 atom stereocenters. The fourth-order valence-electron chi connectivity index (χ4n) is 1.91. The SMILES string of the molecule is O=C(C[C@H]1Oc2ccccc2NC1=O)NC1CC1. The smallest absolute Gasteiger partial charge is 0.266 e. The van der Waals surface area contributed by atoms with E-state index in [1.807, 2.05) is 12.1 Å². The van der Waals surface area contributed by atoms with Gasteiger partial charge in [-0.15, -0.1) is 0 Å². The van der Waals surface area contributed by atoms with Crippen LogP contribution in [0.25, 0.3) is 0 Å². The van der Waals surface area contributed by atoms with Crippen LogP contribution < -0.4 is 15.4 Å². The van der Waals surface area contributed by atoms with Crippen molar-refractivity contribution in [3.8, 4) is 5.75 Å². The third-order valence-corrected chi connectivity index (χ3v) is 3.02. The Hall–Kier alpha value is -2.04. The molecule has 1 aromatic rings. The summed E-state index contributed by atoms with van der Waals surface area (Å²) in [6.07, 6.45) is 1.40. The van der Waals surface area contributed by atoms with Crippen LogP contribution in [-0.2, 0) is 9.59 Å². The molecule has 1 saturated carbocycles. The zero-order valence-corrected chi connectivity index (χ0v) is 9.81. The van der Waals surface area contributed by atoms with Crippen LogP contribution in [0.2, 0.25) is 0 Å². The van der Waals surface area contributed by atoms with Crippen molar-refractivity contribution in [3.63, 3.8) is 0 Å². The second kappa shape index (κ2) is 4.33. The molecular weight excluding hydrogens is 232 g/mol. The number of benzene rings is 1. The largest absolute Gasteiger partial charge is 0.478 e. The summed E-state index contributed by atoms with van der Waals surface area (Å²) in [4.78, 5) is 23.4. The maximum atomic E-state index is 11.8. The lowest BCUT2D eigenvalue weighted by atomic mass is 10.1. The molecule has 0 saturated heterocycles. The molecule has 2 amide bonds. The van der Waals surface area contributed by atoms with Gasteiger partial charge in [0, 0.05) is 6.04 Å². The first-order valence-electron chi connectivity index (χ1n) is 6.08. The predicted octanol–water partition coefficient (Wildman–Crippen LogP) is 1.05. The number of anilines is 1. The van der Waals surface area contributed by atoms with E-state index in [1.54, 1.807) is 12.1 Å². The van der Waals surface area contributed by atoms with Crippen molar-refractivity contribution >= 4 is 17.5 Å². The van der Waals surface area contributed by atoms with Crippen molar-refractivity contribution in [2.24, 2.45) is 0 Å². The summed E-state index contributed by atoms with van der Waals surface area (Å²) in [6, 6.07) is 7.51. The molecular formula is C13H14N2O3. The minimum absolute atomic E-state index is 0.0661. The number of ether oxygens (including phenoxy) is 1. The Kier molecular flexibility index (Phi) is 2.66. The number of amides is 2. The van der Waals surface area contributed by atoms with Crippen LogP contribution in [0.4, 0.5) is 5.69 Å². The Morgan fingerprint density at radius 2 is 2.17 bits per heavy atom. The normalized spacial score (nSPS) is 21.6. The summed E-state index contributed by atoms with van der Waals surface area (Å²) in [5.74, 6) is 0.220. The van der Waals surface area contributed by atoms with Gasteiger partial charge < -0.3 is 15.4 Å². The predicted molar refractivity (Wildman–Crippen MR) is 65.3 cm³/mol. The van der Waals surface area contributed by atoms with Crippen LogP contribution in [0.1, 0.15) is 19.3 Å². The van der Waals surface area contributed by atoms with Crippen LogP contribution >= 0.6 is 0 Å². The Bertz CT molecular complexity index is 497. The van der Waals surface area contributed by atoms with Gasteiger partial charge >= 0.3 is 0 Å². The van der Waals surface area contributed by atoms with Crippen molar-refractivity contribution < 1.29 is 14.3 Å². The number of hydrogen-bond donors (Lipinski definition) is 2. The van der Waals surface area contributed by atoms with E-state index in [9.17, 15) is 9.59 Å². The van der Waals surface area contributed by atoms with E-state index >= 15 is 0 Å². The van der Waals surface area contributed by atoms with Gasteiger partial charge in [0.2, 0.25) is 5.91 Å². The van der Waals surface area contributed by atoms with Gasteiger partial charge in [0.05, 0.1) is 12.1 Å². The van der Waals surface area contributed by atoms with Crippen molar-refractivity contribution in [1.29, 1.82) is 0 Å². The van der Waals surface area contributed by atoms with Gasteiger partial charge in [-0.05, 0) is 25.0 Å². The first kappa shape index (κ1) is 11.1. The molecule has 0 spiro atoms. The molecule has 5 heteroatoms. The molecule has 1 aliphatic carbocycles. The molecule has 94 valence electrons. The van der Waals surface area contributed by atoms with Gasteiger partial charge in [-0.25, -0.2) is 0 Å². The van der Waals surface area contributed by atoms with Gasteiger partial charge in [0.15, 0.2) is 6.10 Å². The topological polar surface area (TPSA) is 67.4 Å². The van der Waals surface area contributed by atoms with E-state index in [0.29, 0.717) is 17.5 Å². The lowest BCUT2D eigenvalue weighted by Crippen LogP contribution is -2.41. The van der Waals surface area contributed by atoms with E-state index in [2.05, 4.69) is 10.6 Å². The Balaban J connectivity index is 1.66. The van der Waals surface area contributed by atoms with E-state index < -0.39 is 6.10 Å². The quantitative estimate of drug-likeness (QED) is 0.837. The standard InChI is InChI=1S/C13H14N2O3/c16-12(14-8-5-6-8)7-11-13(17)15-9-3-1-2-4-10(9)18-11/h1-4,8,11H,5-7H2,(H,14,16)(H,15,17)/t11-/m1/s1. The Morgan fingerprint density at radius 3 is 2.94 bits per heavy atom. The monoisotopic (exact) mass is 246 g/mol. The summed E-state index contributed by atoms with van der Waals surface area (Å²) in [5, 5.41) is 5.59. The number of nitrogens with one attached hydrogen (secondary N) is 2. The third kappa shape index (κ3) is 2.30. The van der Waals surface area contributed by atoms with Crippen molar-refractivity contribution in [3.05, 3.63) is 24.3 Å². The van der Waals surface area contributed by atoms with Gasteiger partial charge in [-0.2, -0.15) is 0 Å². The molecule has 0 bridgehead atoms. The number of hydrogen-bond acceptors (Lipinski definition) is 3. The molecule has 1 heterocycles. The highest BCUT2D eigenvalue weighted by Crippen LogP contribution is 2.29. The second-order valence-corrected chi connectivity index (χ2v) is 4.64. The van der Waals surface area contributed by atoms with Crippen molar-refractivity contribution in [2.75, 3.05) is 5.32 Å². The highest BCUT2D eigenvalue weighted by molar-refractivity contribution is 5.99. The van der Waals surface area contributed by atoms with Gasteiger partial charge in [0.1, 0.15) is 5.75 Å². The zero-order valence-electron chi connectivity index (χ0n) is 9.81. The molecule has 0 unspecified atom stereocenters. The molecule has 2 N–H and O–H groups in total. The highest BCUT2D eigenvalue weighted by atomic mass is 16.5. The van der Waals surface area contributed by atoms with Crippen LogP contribution in [0.5, 0.6) is 5.75 Å². The van der Waals surface area contributed by atoms with Crippen LogP contribution in [0.15, 0.2) is 24.3 Å². The first-order chi connectivity index (χ1) is 8.72. The van der Waals surface area contributed by atoms with E-state index in [-0.39, 0.29) is 18.2 Å². The molecule has 3 rings (SSSR count). The van der Waals surface area contributed by atoms with Crippen LogP contribution in [0, 0.1) is 0 Å². The molecule has 0 aromatic heterocycles. The Morgan fingerprint density at radius 1 is 1.39 bits per heavy atom. The average molecular weight is 246 g/mol. The molecule has 5 nitrogen and oxygen atoms in total. The molecule has 18 heavy (non-hydrogen) atoms. The van der Waals surface area contributed by atoms with Gasteiger partial charge in [-0.3, -0.25) is 9.59 Å². The fourth-order valence-corrected chi connectivity index (χ4v) is 1.91. The van der Waals surface area contributed by atoms with Crippen molar-refractivity contribution in [2.45, 2.75) is 31.4 Å². The highest BCUT2D eigenvalue weighted by Gasteiger charge is 2.31. The number of para-hydroxylation sites is 2. The maximum absolute atomic E-state index is 11.8. The summed E-state index contributed by atoms with van der Waals surface area (Å²) < 4.78 is 5.54. The molecule has 2 aliphatic rings. The van der Waals surface area contributed by atoms with Crippen LogP contribution in [0.3, 0.4) is 0 Å². The Labute approximate surface area is 105 Å². The molecule has 1 aliphatic heterocycles. The maximum Gasteiger partial charge on any atom is 0.266 e. The van der Waals surface area contributed by atoms with E-state index in [4.69, 9.17) is 4.74 Å². The lowest BCUT2D eigenvalue weighted by molar-refractivity contribution is -0.130. The molecule has 1 fully saturated rings. The fraction of sp³-hybridized carbons (Fsp3) is 0.385. The first-order valence-corrected chi connectivity index (χ1v) is 6.08.